The van der Waals surface area contributed by atoms with Gasteiger partial charge in [-0.05, 0) is 24.6 Å². The van der Waals surface area contributed by atoms with Crippen LogP contribution in [0.2, 0.25) is 0 Å². The van der Waals surface area contributed by atoms with E-state index >= 15 is 0 Å². The minimum atomic E-state index is -0.684. The lowest BCUT2D eigenvalue weighted by molar-refractivity contribution is 0.128. The van der Waals surface area contributed by atoms with Crippen LogP contribution in [0.1, 0.15) is 17.4 Å². The smallest absolute Gasteiger partial charge is 0.135 e. The van der Waals surface area contributed by atoms with Crippen molar-refractivity contribution in [2.24, 2.45) is 0 Å². The van der Waals surface area contributed by atoms with Crippen LogP contribution >= 0.6 is 0 Å². The molecule has 2 aromatic heterocycles. The van der Waals surface area contributed by atoms with Crippen molar-refractivity contribution in [2.45, 2.75) is 19.6 Å². The van der Waals surface area contributed by atoms with E-state index < -0.39 is 6.10 Å². The number of para-hydroxylation sites is 1. The Bertz CT molecular complexity index is 636. The fraction of sp³-hybridized carbons (Fsp3) is 0.214. The largest absolute Gasteiger partial charge is 0.458 e. The second-order valence-electron chi connectivity index (χ2n) is 4.44. The van der Waals surface area contributed by atoms with E-state index in [1.807, 2.05) is 43.5 Å². The Balaban J connectivity index is 1.85. The molecular weight excluding hydrogens is 228 g/mol. The molecule has 4 nitrogen and oxygen atoms in total. The van der Waals surface area contributed by atoms with Crippen LogP contribution in [0.5, 0.6) is 0 Å². The first-order chi connectivity index (χ1) is 8.72. The highest BCUT2D eigenvalue weighted by Gasteiger charge is 2.14. The van der Waals surface area contributed by atoms with Gasteiger partial charge in [-0.15, -0.1) is 0 Å². The van der Waals surface area contributed by atoms with E-state index in [-0.39, 0.29) is 0 Å². The first kappa shape index (κ1) is 11.0. The van der Waals surface area contributed by atoms with Gasteiger partial charge in [-0.3, -0.25) is 4.68 Å². The van der Waals surface area contributed by atoms with Crippen molar-refractivity contribution >= 4 is 11.0 Å². The third-order valence-corrected chi connectivity index (χ3v) is 2.90. The zero-order chi connectivity index (χ0) is 12.5. The highest BCUT2D eigenvalue weighted by molar-refractivity contribution is 5.77. The van der Waals surface area contributed by atoms with Crippen LogP contribution in [-0.4, -0.2) is 14.9 Å². The average Bonchev–Trinajstić information content (AvgIpc) is 2.95. The third-order valence-electron chi connectivity index (χ3n) is 2.90. The van der Waals surface area contributed by atoms with Crippen molar-refractivity contribution in [3.8, 4) is 0 Å². The summed E-state index contributed by atoms with van der Waals surface area (Å²) in [5.41, 5.74) is 1.87. The maximum Gasteiger partial charge on any atom is 0.135 e. The van der Waals surface area contributed by atoms with Gasteiger partial charge in [-0.2, -0.15) is 5.10 Å². The summed E-state index contributed by atoms with van der Waals surface area (Å²) in [7, 11) is 0. The highest BCUT2D eigenvalue weighted by atomic mass is 16.4. The number of furan rings is 1. The van der Waals surface area contributed by atoms with Gasteiger partial charge >= 0.3 is 0 Å². The molecule has 3 aromatic rings. The van der Waals surface area contributed by atoms with Crippen LogP contribution in [0.25, 0.3) is 11.0 Å². The number of nitrogens with zero attached hydrogens (tertiary/aromatic N) is 2. The number of aliphatic hydroxyl groups excluding tert-OH is 1. The summed E-state index contributed by atoms with van der Waals surface area (Å²) >= 11 is 0. The van der Waals surface area contributed by atoms with Gasteiger partial charge in [-0.25, -0.2) is 0 Å². The Morgan fingerprint density at radius 2 is 2.22 bits per heavy atom. The molecule has 0 radical (unpaired) electrons. The summed E-state index contributed by atoms with van der Waals surface area (Å²) in [6, 6.07) is 9.59. The lowest BCUT2D eigenvalue weighted by atomic mass is 10.2. The van der Waals surface area contributed by atoms with Crippen molar-refractivity contribution in [1.29, 1.82) is 0 Å². The number of aryl methyl sites for hydroxylation is 1. The minimum Gasteiger partial charge on any atom is -0.458 e. The van der Waals surface area contributed by atoms with Gasteiger partial charge in [0, 0.05) is 11.6 Å². The van der Waals surface area contributed by atoms with E-state index in [0.717, 1.165) is 16.5 Å². The maximum atomic E-state index is 10.1. The molecule has 3 rings (SSSR count). The third kappa shape index (κ3) is 2.02. The van der Waals surface area contributed by atoms with E-state index in [2.05, 4.69) is 5.10 Å². The Kier molecular flexibility index (Phi) is 2.64. The van der Waals surface area contributed by atoms with Gasteiger partial charge in [-0.1, -0.05) is 18.2 Å². The molecule has 18 heavy (non-hydrogen) atoms. The van der Waals surface area contributed by atoms with E-state index in [1.54, 1.807) is 10.9 Å². The molecule has 2 heterocycles. The summed E-state index contributed by atoms with van der Waals surface area (Å²) in [5, 5.41) is 15.3. The fourth-order valence-corrected chi connectivity index (χ4v) is 2.00. The average molecular weight is 242 g/mol. The van der Waals surface area contributed by atoms with Crippen LogP contribution in [0.15, 0.2) is 47.1 Å². The number of aliphatic hydroxyl groups is 1. The van der Waals surface area contributed by atoms with Gasteiger partial charge < -0.3 is 9.52 Å². The van der Waals surface area contributed by atoms with Gasteiger partial charge in [0.15, 0.2) is 0 Å². The fourth-order valence-electron chi connectivity index (χ4n) is 2.00. The summed E-state index contributed by atoms with van der Waals surface area (Å²) in [5.74, 6) is 0.573. The van der Waals surface area contributed by atoms with E-state index in [0.29, 0.717) is 12.3 Å². The Morgan fingerprint density at radius 3 is 2.94 bits per heavy atom. The number of fused-ring (bicyclic) bond motifs is 1. The van der Waals surface area contributed by atoms with E-state index in [1.165, 1.54) is 0 Å². The quantitative estimate of drug-likeness (QED) is 0.768. The highest BCUT2D eigenvalue weighted by Crippen LogP contribution is 2.24. The summed E-state index contributed by atoms with van der Waals surface area (Å²) in [6.45, 7) is 2.37. The molecule has 0 amide bonds. The number of hydrogen-bond donors (Lipinski definition) is 1. The van der Waals surface area contributed by atoms with Crippen LogP contribution in [0.3, 0.4) is 0 Å². The molecule has 0 aliphatic heterocycles. The molecule has 1 N–H and O–H groups in total. The molecule has 4 heteroatoms. The molecule has 0 fully saturated rings. The van der Waals surface area contributed by atoms with E-state index in [4.69, 9.17) is 4.42 Å². The van der Waals surface area contributed by atoms with E-state index in [9.17, 15) is 5.11 Å². The normalized spacial score (nSPS) is 13.0. The topological polar surface area (TPSA) is 51.2 Å². The van der Waals surface area contributed by atoms with Gasteiger partial charge in [0.2, 0.25) is 0 Å². The lowest BCUT2D eigenvalue weighted by Crippen LogP contribution is -2.08. The molecule has 0 spiro atoms. The first-order valence-electron chi connectivity index (χ1n) is 5.88. The Hall–Kier alpha value is -2.07. The molecule has 1 atom stereocenters. The van der Waals surface area contributed by atoms with Crippen molar-refractivity contribution in [3.05, 3.63) is 54.0 Å². The molecule has 0 aliphatic carbocycles. The standard InChI is InChI=1S/C14H14N2O2/c1-10-7-15-16(8-10)9-12(17)14-6-11-4-2-3-5-13(11)18-14/h2-8,12,17H,9H2,1H3. The molecule has 0 saturated carbocycles. The molecule has 1 unspecified atom stereocenters. The maximum absolute atomic E-state index is 10.1. The summed E-state index contributed by atoms with van der Waals surface area (Å²) < 4.78 is 7.33. The molecular formula is C14H14N2O2. The van der Waals surface area contributed by atoms with Crippen molar-refractivity contribution in [3.63, 3.8) is 0 Å². The van der Waals surface area contributed by atoms with Crippen LogP contribution in [0, 0.1) is 6.92 Å². The van der Waals surface area contributed by atoms with Gasteiger partial charge in [0.25, 0.3) is 0 Å². The van der Waals surface area contributed by atoms with Gasteiger partial charge in [0.1, 0.15) is 17.4 Å². The summed E-state index contributed by atoms with van der Waals surface area (Å²) in [6.07, 6.45) is 2.98. The Labute approximate surface area is 104 Å². The Morgan fingerprint density at radius 1 is 1.39 bits per heavy atom. The molecule has 0 aliphatic rings. The van der Waals surface area contributed by atoms with Crippen molar-refractivity contribution in [2.75, 3.05) is 0 Å². The van der Waals surface area contributed by atoms with Crippen molar-refractivity contribution in [1.82, 2.24) is 9.78 Å². The molecule has 0 bridgehead atoms. The predicted molar refractivity (Wildman–Crippen MR) is 68.1 cm³/mol. The monoisotopic (exact) mass is 242 g/mol. The molecule has 92 valence electrons. The SMILES string of the molecule is Cc1cnn(CC(O)c2cc3ccccc3o2)c1. The van der Waals surface area contributed by atoms with Crippen molar-refractivity contribution < 1.29 is 9.52 Å². The van der Waals surface area contributed by atoms with Crippen LogP contribution in [0.4, 0.5) is 0 Å². The second kappa shape index (κ2) is 4.31. The minimum absolute atomic E-state index is 0.396. The lowest BCUT2D eigenvalue weighted by Gasteiger charge is -2.07. The zero-order valence-electron chi connectivity index (χ0n) is 10.1. The number of hydrogen-bond acceptors (Lipinski definition) is 3. The number of benzene rings is 1. The van der Waals surface area contributed by atoms with Gasteiger partial charge in [0.05, 0.1) is 12.7 Å². The molecule has 0 saturated heterocycles. The zero-order valence-corrected chi connectivity index (χ0v) is 10.1. The summed E-state index contributed by atoms with van der Waals surface area (Å²) in [4.78, 5) is 0. The van der Waals surface area contributed by atoms with Crippen LogP contribution in [-0.2, 0) is 6.54 Å². The predicted octanol–water partition coefficient (Wildman–Crippen LogP) is 2.67. The number of rotatable bonds is 3. The number of aromatic nitrogens is 2. The first-order valence-corrected chi connectivity index (χ1v) is 5.88. The molecule has 1 aromatic carbocycles. The van der Waals surface area contributed by atoms with Crippen LogP contribution < -0.4 is 0 Å². The second-order valence-corrected chi connectivity index (χ2v) is 4.44.